The molecule has 0 aromatic rings. The lowest BCUT2D eigenvalue weighted by Crippen LogP contribution is -2.60. The van der Waals surface area contributed by atoms with Gasteiger partial charge in [-0.1, -0.05) is 219 Å². The molecule has 62 heavy (non-hydrogen) atoms. The van der Waals surface area contributed by atoms with Crippen molar-refractivity contribution in [1.29, 1.82) is 0 Å². The van der Waals surface area contributed by atoms with Crippen molar-refractivity contribution in [3.8, 4) is 0 Å². The number of aliphatic hydroxyl groups is 3. The summed E-state index contributed by atoms with van der Waals surface area (Å²) in [5, 5.41) is 30.9. The molecule has 6 atom stereocenters. The first kappa shape index (κ1) is 58.7. The highest BCUT2D eigenvalue weighted by Gasteiger charge is 2.46. The number of carbonyl (C=O) groups excluding carboxylic acids is 2. The van der Waals surface area contributed by atoms with Gasteiger partial charge in [0.05, 0.1) is 6.61 Å². The molecule has 0 amide bonds. The van der Waals surface area contributed by atoms with E-state index in [-0.39, 0.29) is 19.4 Å². The second-order valence-corrected chi connectivity index (χ2v) is 19.7. The molecule has 0 spiro atoms. The lowest BCUT2D eigenvalue weighted by atomic mass is 10.00. The molecule has 1 aliphatic rings. The summed E-state index contributed by atoms with van der Waals surface area (Å²) < 4.78 is 54.2. The third-order valence-electron chi connectivity index (χ3n) is 12.2. The van der Waals surface area contributed by atoms with Gasteiger partial charge in [0, 0.05) is 12.8 Å². The minimum atomic E-state index is -4.60. The fourth-order valence-electron chi connectivity index (χ4n) is 8.21. The normalized spacial score (nSPS) is 19.7. The van der Waals surface area contributed by atoms with Crippen LogP contribution in [0.3, 0.4) is 0 Å². The molecule has 1 saturated heterocycles. The van der Waals surface area contributed by atoms with E-state index in [1.807, 2.05) is 0 Å². The van der Waals surface area contributed by atoms with Gasteiger partial charge in [0.2, 0.25) is 0 Å². The molecule has 368 valence electrons. The highest BCUT2D eigenvalue weighted by molar-refractivity contribution is 7.85. The van der Waals surface area contributed by atoms with Crippen LogP contribution in [0.2, 0.25) is 0 Å². The van der Waals surface area contributed by atoms with Crippen molar-refractivity contribution in [1.82, 2.24) is 0 Å². The zero-order chi connectivity index (χ0) is 45.5. The van der Waals surface area contributed by atoms with Gasteiger partial charge in [-0.2, -0.15) is 8.42 Å². The topological polar surface area (TPSA) is 186 Å². The van der Waals surface area contributed by atoms with Crippen molar-refractivity contribution in [3.05, 3.63) is 0 Å². The summed E-state index contributed by atoms with van der Waals surface area (Å²) in [6.07, 6.45) is 32.9. The van der Waals surface area contributed by atoms with Crippen LogP contribution >= 0.6 is 0 Å². The Morgan fingerprint density at radius 3 is 1.18 bits per heavy atom. The molecule has 12 nitrogen and oxygen atoms in total. The Morgan fingerprint density at radius 2 is 0.823 bits per heavy atom. The SMILES string of the molecule is CCCCCCCCCCCCCCCCCCCCCCC(=O)O[C@H](COC(=O)CCCCCCCCCCCCCCCC)CO[C@H]1O[C@H](CS(=O)(=O)O)[C@@H](O)C(O)C1O. The van der Waals surface area contributed by atoms with Crippen LogP contribution in [-0.4, -0.2) is 96.0 Å². The second kappa shape index (κ2) is 40.0. The largest absolute Gasteiger partial charge is 0.462 e. The number of unbranched alkanes of at least 4 members (excludes halogenated alkanes) is 32. The number of hydrogen-bond acceptors (Lipinski definition) is 11. The van der Waals surface area contributed by atoms with E-state index in [4.69, 9.17) is 18.9 Å². The fourth-order valence-corrected chi connectivity index (χ4v) is 8.90. The van der Waals surface area contributed by atoms with E-state index < -0.39 is 71.2 Å². The van der Waals surface area contributed by atoms with Gasteiger partial charge >= 0.3 is 11.9 Å². The molecule has 0 saturated carbocycles. The summed E-state index contributed by atoms with van der Waals surface area (Å²) in [4.78, 5) is 25.5. The second-order valence-electron chi connectivity index (χ2n) is 18.2. The maximum absolute atomic E-state index is 12.9. The van der Waals surface area contributed by atoms with E-state index >= 15 is 0 Å². The summed E-state index contributed by atoms with van der Waals surface area (Å²) in [6.45, 7) is 3.81. The van der Waals surface area contributed by atoms with Crippen molar-refractivity contribution < 1.29 is 56.8 Å². The Hall–Kier alpha value is -1.35. The smallest absolute Gasteiger partial charge is 0.306 e. The van der Waals surface area contributed by atoms with Gasteiger partial charge < -0.3 is 34.3 Å². The summed E-state index contributed by atoms with van der Waals surface area (Å²) in [7, 11) is -4.60. The molecule has 1 heterocycles. The predicted octanol–water partition coefficient (Wildman–Crippen LogP) is 11.2. The minimum absolute atomic E-state index is 0.173. The van der Waals surface area contributed by atoms with Crippen molar-refractivity contribution in [2.24, 2.45) is 0 Å². The zero-order valence-corrected chi connectivity index (χ0v) is 40.3. The zero-order valence-electron chi connectivity index (χ0n) is 39.5. The summed E-state index contributed by atoms with van der Waals surface area (Å²) in [5.74, 6) is -1.96. The van der Waals surface area contributed by atoms with E-state index in [2.05, 4.69) is 13.8 Å². The van der Waals surface area contributed by atoms with Crippen LogP contribution in [0.1, 0.15) is 245 Å². The lowest BCUT2D eigenvalue weighted by molar-refractivity contribution is -0.297. The van der Waals surface area contributed by atoms with Crippen molar-refractivity contribution in [2.45, 2.75) is 282 Å². The molecule has 0 radical (unpaired) electrons. The third kappa shape index (κ3) is 34.1. The van der Waals surface area contributed by atoms with Crippen LogP contribution in [0.4, 0.5) is 0 Å². The molecular formula is C49H94O12S. The monoisotopic (exact) mass is 907 g/mol. The maximum atomic E-state index is 12.9. The molecule has 0 bridgehead atoms. The van der Waals surface area contributed by atoms with Gasteiger partial charge in [-0.25, -0.2) is 0 Å². The fraction of sp³-hybridized carbons (Fsp3) is 0.959. The first-order valence-corrected chi connectivity index (χ1v) is 27.2. The van der Waals surface area contributed by atoms with E-state index in [1.54, 1.807) is 0 Å². The Morgan fingerprint density at radius 1 is 0.484 bits per heavy atom. The van der Waals surface area contributed by atoms with Gasteiger partial charge in [0.25, 0.3) is 10.1 Å². The van der Waals surface area contributed by atoms with Crippen LogP contribution in [0, 0.1) is 0 Å². The molecule has 0 aromatic heterocycles. The molecule has 4 N–H and O–H groups in total. The summed E-state index contributed by atoms with van der Waals surface area (Å²) in [6, 6.07) is 0. The summed E-state index contributed by atoms with van der Waals surface area (Å²) in [5.41, 5.74) is 0. The van der Waals surface area contributed by atoms with Crippen LogP contribution in [0.25, 0.3) is 0 Å². The molecule has 2 unspecified atom stereocenters. The van der Waals surface area contributed by atoms with Gasteiger partial charge in [-0.15, -0.1) is 0 Å². The predicted molar refractivity (Wildman–Crippen MR) is 247 cm³/mol. The third-order valence-corrected chi connectivity index (χ3v) is 12.9. The standard InChI is InChI=1S/C49H94O12S/c1-3-5-7-9-11-13-15-17-19-20-21-22-23-24-26-28-30-32-34-36-38-45(51)60-42(40-59-49-48(54)47(53)46(52)43(61-49)41-62(55,56)57)39-58-44(50)37-35-33-31-29-27-25-18-16-14-12-10-8-6-4-2/h42-43,46-49,52-54H,3-41H2,1-2H3,(H,55,56,57)/t42-,43-,46-,47?,48?,49+/m1/s1. The average Bonchev–Trinajstić information content (AvgIpc) is 3.24. The molecule has 1 rings (SSSR count). The number of carbonyl (C=O) groups is 2. The van der Waals surface area contributed by atoms with Crippen LogP contribution < -0.4 is 0 Å². The first-order chi connectivity index (χ1) is 30.0. The van der Waals surface area contributed by atoms with Gasteiger partial charge in [0.15, 0.2) is 12.4 Å². The maximum Gasteiger partial charge on any atom is 0.306 e. The molecule has 1 fully saturated rings. The van der Waals surface area contributed by atoms with E-state index in [1.165, 1.54) is 167 Å². The minimum Gasteiger partial charge on any atom is -0.462 e. The van der Waals surface area contributed by atoms with E-state index in [0.717, 1.165) is 38.5 Å². The van der Waals surface area contributed by atoms with Crippen molar-refractivity contribution in [3.63, 3.8) is 0 Å². The Balaban J connectivity index is 2.35. The Labute approximate surface area is 378 Å². The molecular weight excluding hydrogens is 813 g/mol. The van der Waals surface area contributed by atoms with Crippen LogP contribution in [-0.2, 0) is 38.7 Å². The number of ether oxygens (including phenoxy) is 4. The molecule has 0 aliphatic carbocycles. The highest BCUT2D eigenvalue weighted by atomic mass is 32.2. The van der Waals surface area contributed by atoms with Gasteiger partial charge in [-0.05, 0) is 12.8 Å². The van der Waals surface area contributed by atoms with Crippen molar-refractivity contribution >= 4 is 22.1 Å². The van der Waals surface area contributed by atoms with E-state index in [0.29, 0.717) is 12.8 Å². The Bertz CT molecular complexity index is 1150. The lowest BCUT2D eigenvalue weighted by Gasteiger charge is -2.40. The molecule has 13 heteroatoms. The first-order valence-electron chi connectivity index (χ1n) is 25.6. The molecule has 0 aromatic carbocycles. The molecule has 1 aliphatic heterocycles. The number of aliphatic hydroxyl groups excluding tert-OH is 3. The number of rotatable bonds is 44. The van der Waals surface area contributed by atoms with Gasteiger partial charge in [-0.3, -0.25) is 14.1 Å². The van der Waals surface area contributed by atoms with Crippen LogP contribution in [0.5, 0.6) is 0 Å². The quantitative estimate of drug-likeness (QED) is 0.0258. The number of hydrogen-bond donors (Lipinski definition) is 4. The van der Waals surface area contributed by atoms with Crippen molar-refractivity contribution in [2.75, 3.05) is 19.0 Å². The van der Waals surface area contributed by atoms with Gasteiger partial charge in [0.1, 0.15) is 36.8 Å². The van der Waals surface area contributed by atoms with Crippen LogP contribution in [0.15, 0.2) is 0 Å². The average molecular weight is 907 g/mol. The highest BCUT2D eigenvalue weighted by Crippen LogP contribution is 2.24. The van der Waals surface area contributed by atoms with E-state index in [9.17, 15) is 37.9 Å². The Kier molecular flexibility index (Phi) is 37.8. The number of esters is 2. The summed E-state index contributed by atoms with van der Waals surface area (Å²) >= 11 is 0.